The highest BCUT2D eigenvalue weighted by Gasteiger charge is 2.50. The highest BCUT2D eigenvalue weighted by atomic mass is 19.4. The van der Waals surface area contributed by atoms with Crippen molar-refractivity contribution in [3.8, 4) is 11.8 Å². The van der Waals surface area contributed by atoms with E-state index in [-0.39, 0.29) is 36.6 Å². The summed E-state index contributed by atoms with van der Waals surface area (Å²) >= 11 is 0. The molecule has 0 radical (unpaired) electrons. The number of hydrogen-bond acceptors (Lipinski definition) is 5. The van der Waals surface area contributed by atoms with E-state index in [1.54, 1.807) is 0 Å². The second kappa shape index (κ2) is 7.09. The van der Waals surface area contributed by atoms with Crippen molar-refractivity contribution in [2.24, 2.45) is 11.3 Å². The van der Waals surface area contributed by atoms with Crippen LogP contribution in [-0.4, -0.2) is 39.6 Å². The zero-order valence-corrected chi connectivity index (χ0v) is 14.9. The maximum atomic E-state index is 13.0. The molecule has 0 spiro atoms. The lowest BCUT2D eigenvalue weighted by atomic mass is 10.1. The summed E-state index contributed by atoms with van der Waals surface area (Å²) in [5, 5.41) is 5.21. The Bertz CT molecular complexity index is 746. The van der Waals surface area contributed by atoms with Gasteiger partial charge in [0, 0.05) is 6.04 Å². The van der Waals surface area contributed by atoms with Gasteiger partial charge in [-0.1, -0.05) is 5.92 Å². The van der Waals surface area contributed by atoms with Gasteiger partial charge in [-0.2, -0.15) is 28.1 Å². The van der Waals surface area contributed by atoms with Crippen LogP contribution < -0.4 is 10.6 Å². The Morgan fingerprint density at radius 1 is 1.04 bits per heavy atom. The quantitative estimate of drug-likeness (QED) is 0.572. The molecular formula is C17H20F5N5. The van der Waals surface area contributed by atoms with Crippen LogP contribution in [0.5, 0.6) is 0 Å². The van der Waals surface area contributed by atoms with E-state index < -0.39 is 24.1 Å². The fourth-order valence-electron chi connectivity index (χ4n) is 2.47. The Morgan fingerprint density at radius 3 is 2.11 bits per heavy atom. The number of halogens is 5. The molecule has 2 aliphatic carbocycles. The summed E-state index contributed by atoms with van der Waals surface area (Å²) in [5.41, 5.74) is -1.35. The number of rotatable bonds is 6. The molecule has 2 saturated carbocycles. The topological polar surface area (TPSA) is 62.7 Å². The molecular weight excluding hydrogens is 369 g/mol. The van der Waals surface area contributed by atoms with Crippen molar-refractivity contribution in [3.63, 3.8) is 0 Å². The van der Waals surface area contributed by atoms with Crippen LogP contribution in [0.3, 0.4) is 0 Å². The van der Waals surface area contributed by atoms with Crippen LogP contribution in [0.2, 0.25) is 0 Å². The lowest BCUT2D eigenvalue weighted by molar-refractivity contribution is -0.138. The van der Waals surface area contributed by atoms with E-state index in [2.05, 4.69) is 37.4 Å². The highest BCUT2D eigenvalue weighted by molar-refractivity contribution is 5.41. The number of hydrogen-bond donors (Lipinski definition) is 2. The third-order valence-corrected chi connectivity index (χ3v) is 4.79. The van der Waals surface area contributed by atoms with Crippen molar-refractivity contribution in [2.75, 3.05) is 10.6 Å². The molecule has 0 amide bonds. The fourth-order valence-corrected chi connectivity index (χ4v) is 2.47. The second-order valence-corrected chi connectivity index (χ2v) is 7.19. The van der Waals surface area contributed by atoms with Gasteiger partial charge in [0.25, 0.3) is 6.43 Å². The zero-order valence-electron chi connectivity index (χ0n) is 14.9. The summed E-state index contributed by atoms with van der Waals surface area (Å²) in [5.74, 6) is 5.06. The minimum atomic E-state index is -4.49. The molecule has 5 nitrogen and oxygen atoms in total. The van der Waals surface area contributed by atoms with Gasteiger partial charge in [0.1, 0.15) is 6.04 Å². The van der Waals surface area contributed by atoms with Crippen LogP contribution in [0.25, 0.3) is 0 Å². The Kier molecular flexibility index (Phi) is 5.14. The van der Waals surface area contributed by atoms with Crippen LogP contribution in [0.4, 0.5) is 33.8 Å². The summed E-state index contributed by atoms with van der Waals surface area (Å²) < 4.78 is 64.4. The number of aromatic nitrogens is 3. The number of anilines is 2. The van der Waals surface area contributed by atoms with Crippen molar-refractivity contribution in [3.05, 3.63) is 5.82 Å². The third kappa shape index (κ3) is 4.96. The molecule has 2 N–H and O–H groups in total. The molecule has 0 aliphatic heterocycles. The van der Waals surface area contributed by atoms with Gasteiger partial charge in [-0.3, -0.25) is 0 Å². The summed E-state index contributed by atoms with van der Waals surface area (Å²) in [4.78, 5) is 11.9. The molecule has 148 valence electrons. The molecule has 27 heavy (non-hydrogen) atoms. The minimum Gasteiger partial charge on any atom is -0.351 e. The zero-order chi connectivity index (χ0) is 19.8. The first-order valence-electron chi connectivity index (χ1n) is 8.76. The molecule has 1 aromatic heterocycles. The van der Waals surface area contributed by atoms with Crippen LogP contribution >= 0.6 is 0 Å². The summed E-state index contributed by atoms with van der Waals surface area (Å²) in [6.45, 7) is 2.86. The molecule has 1 heterocycles. The predicted octanol–water partition coefficient (Wildman–Crippen LogP) is 3.84. The van der Waals surface area contributed by atoms with Crippen molar-refractivity contribution >= 4 is 11.9 Å². The van der Waals surface area contributed by atoms with E-state index in [0.29, 0.717) is 5.92 Å². The van der Waals surface area contributed by atoms with Gasteiger partial charge in [-0.05, 0) is 51.4 Å². The Morgan fingerprint density at radius 2 is 1.63 bits per heavy atom. The van der Waals surface area contributed by atoms with Gasteiger partial charge >= 0.3 is 6.18 Å². The summed E-state index contributed by atoms with van der Waals surface area (Å²) in [7, 11) is 0. The van der Waals surface area contributed by atoms with E-state index >= 15 is 0 Å². The van der Waals surface area contributed by atoms with Crippen molar-refractivity contribution in [1.82, 2.24) is 15.0 Å². The fraction of sp³-hybridized carbons (Fsp3) is 0.706. The molecule has 2 atom stereocenters. The van der Waals surface area contributed by atoms with E-state index in [0.717, 1.165) is 19.8 Å². The van der Waals surface area contributed by atoms with Crippen LogP contribution in [0.15, 0.2) is 0 Å². The Hall–Kier alpha value is -2.18. The molecule has 3 rings (SSSR count). The smallest absolute Gasteiger partial charge is 0.351 e. The van der Waals surface area contributed by atoms with Gasteiger partial charge in [-0.25, -0.2) is 8.78 Å². The lowest BCUT2D eigenvalue weighted by Gasteiger charge is -2.18. The maximum absolute atomic E-state index is 13.0. The van der Waals surface area contributed by atoms with Gasteiger partial charge in [-0.15, -0.1) is 0 Å². The summed E-state index contributed by atoms with van der Waals surface area (Å²) in [6, 6.07) is -1.85. The van der Waals surface area contributed by atoms with E-state index in [9.17, 15) is 22.0 Å². The van der Waals surface area contributed by atoms with Gasteiger partial charge < -0.3 is 10.6 Å². The second-order valence-electron chi connectivity index (χ2n) is 7.19. The monoisotopic (exact) mass is 389 g/mol. The van der Waals surface area contributed by atoms with E-state index in [4.69, 9.17) is 0 Å². The third-order valence-electron chi connectivity index (χ3n) is 4.79. The lowest BCUT2D eigenvalue weighted by Crippen LogP contribution is -2.34. The number of alkyl halides is 5. The van der Waals surface area contributed by atoms with Gasteiger partial charge in [0.05, 0.1) is 5.41 Å². The van der Waals surface area contributed by atoms with Crippen LogP contribution in [-0.2, 0) is 0 Å². The SMILES string of the molecule is C[C@@H](Nc1nc(C#CC2(C(F)F)CC2)nc(N[C@H](C)C(F)(F)F)n1)C1CC1. The minimum absolute atomic E-state index is 0.0388. The molecule has 2 aliphatic rings. The average Bonchev–Trinajstić information content (AvgIpc) is 3.46. The first-order chi connectivity index (χ1) is 12.6. The van der Waals surface area contributed by atoms with E-state index in [1.807, 2.05) is 6.92 Å². The van der Waals surface area contributed by atoms with Gasteiger partial charge in [0.2, 0.25) is 17.7 Å². The standard InChI is InChI=1S/C17H20F5N5/c1-9(11-3-4-11)23-14-25-12(5-6-16(7-8-16)13(18)19)26-15(27-14)24-10(2)17(20,21)22/h9-11,13H,3-4,7-8H2,1-2H3,(H2,23,24,25,26,27)/t9-,10-/m1/s1. The summed E-state index contributed by atoms with van der Waals surface area (Å²) in [6.07, 6.45) is -4.40. The van der Waals surface area contributed by atoms with Crippen LogP contribution in [0, 0.1) is 23.2 Å². The molecule has 0 saturated heterocycles. The Labute approximate surface area is 153 Å². The van der Waals surface area contributed by atoms with Crippen molar-refractivity contribution < 1.29 is 22.0 Å². The average molecular weight is 389 g/mol. The highest BCUT2D eigenvalue weighted by Crippen LogP contribution is 2.50. The number of nitrogens with one attached hydrogen (secondary N) is 2. The van der Waals surface area contributed by atoms with Gasteiger partial charge in [0.15, 0.2) is 0 Å². The maximum Gasteiger partial charge on any atom is 0.408 e. The van der Waals surface area contributed by atoms with Crippen molar-refractivity contribution in [2.45, 2.75) is 64.2 Å². The first kappa shape index (κ1) is 19.6. The molecule has 0 unspecified atom stereocenters. The van der Waals surface area contributed by atoms with Crippen molar-refractivity contribution in [1.29, 1.82) is 0 Å². The molecule has 1 aromatic rings. The first-order valence-corrected chi connectivity index (χ1v) is 8.76. The van der Waals surface area contributed by atoms with Crippen LogP contribution in [0.1, 0.15) is 45.4 Å². The Balaban J connectivity index is 1.84. The largest absolute Gasteiger partial charge is 0.408 e. The van der Waals surface area contributed by atoms with E-state index in [1.165, 1.54) is 0 Å². The predicted molar refractivity (Wildman–Crippen MR) is 89.3 cm³/mol. The normalized spacial score (nSPS) is 20.4. The molecule has 2 fully saturated rings. The molecule has 0 aromatic carbocycles. The number of nitrogens with zero attached hydrogens (tertiary/aromatic N) is 3. The molecule has 10 heteroatoms. The molecule has 0 bridgehead atoms.